The summed E-state index contributed by atoms with van der Waals surface area (Å²) < 4.78 is 39.4. The Labute approximate surface area is 119 Å². The molecule has 1 saturated heterocycles. The highest BCUT2D eigenvalue weighted by atomic mass is 19.2. The molecule has 4 nitrogen and oxygen atoms in total. The zero-order valence-electron chi connectivity index (χ0n) is 11.3. The minimum atomic E-state index is -1.32. The Kier molecular flexibility index (Phi) is 4.20. The summed E-state index contributed by atoms with van der Waals surface area (Å²) in [7, 11) is 0. The molecule has 1 fully saturated rings. The van der Waals surface area contributed by atoms with Crippen LogP contribution in [0.1, 0.15) is 12.5 Å². The third kappa shape index (κ3) is 3.17. The van der Waals surface area contributed by atoms with E-state index in [4.69, 9.17) is 5.11 Å². The van der Waals surface area contributed by atoms with Crippen molar-refractivity contribution >= 4 is 11.9 Å². The average molecular weight is 301 g/mol. The number of carboxylic acid groups (broad SMARTS) is 1. The number of hydrogen-bond donors (Lipinski definition) is 1. The second-order valence-electron chi connectivity index (χ2n) is 5.26. The van der Waals surface area contributed by atoms with Crippen molar-refractivity contribution in [2.45, 2.75) is 13.3 Å². The molecule has 0 unspecified atom stereocenters. The molecular weight excluding hydrogens is 287 g/mol. The third-order valence-electron chi connectivity index (χ3n) is 3.71. The molecule has 2 rings (SSSR count). The minimum absolute atomic E-state index is 0.0423. The maximum Gasteiger partial charge on any atom is 0.308 e. The van der Waals surface area contributed by atoms with E-state index in [1.165, 1.54) is 4.90 Å². The number of likely N-dealkylation sites (tertiary alicyclic amines) is 1. The predicted octanol–water partition coefficient (Wildman–Crippen LogP) is 1.83. The molecule has 0 radical (unpaired) electrons. The summed E-state index contributed by atoms with van der Waals surface area (Å²) in [6, 6.07) is 1.04. The van der Waals surface area contributed by atoms with Crippen LogP contribution in [0.25, 0.3) is 0 Å². The highest BCUT2D eigenvalue weighted by molar-refractivity contribution is 5.81. The number of nitrogens with zero attached hydrogens (tertiary/aromatic N) is 1. The van der Waals surface area contributed by atoms with Crippen molar-refractivity contribution in [1.82, 2.24) is 4.90 Å². The molecule has 0 aliphatic carbocycles. The molecule has 1 N–H and O–H groups in total. The van der Waals surface area contributed by atoms with Crippen LogP contribution in [-0.2, 0) is 16.0 Å². The van der Waals surface area contributed by atoms with E-state index in [-0.39, 0.29) is 24.6 Å². The van der Waals surface area contributed by atoms with Crippen LogP contribution in [0.4, 0.5) is 13.2 Å². The van der Waals surface area contributed by atoms with Crippen molar-refractivity contribution in [1.29, 1.82) is 0 Å². The van der Waals surface area contributed by atoms with E-state index in [1.54, 1.807) is 6.92 Å². The van der Waals surface area contributed by atoms with Crippen LogP contribution in [0.5, 0.6) is 0 Å². The molecule has 114 valence electrons. The van der Waals surface area contributed by atoms with E-state index < -0.39 is 41.7 Å². The zero-order chi connectivity index (χ0) is 15.7. The fourth-order valence-electron chi connectivity index (χ4n) is 2.47. The highest BCUT2D eigenvalue weighted by Gasteiger charge is 2.36. The van der Waals surface area contributed by atoms with E-state index in [2.05, 4.69) is 0 Å². The third-order valence-corrected chi connectivity index (χ3v) is 3.71. The molecular formula is C14H14F3NO3. The van der Waals surface area contributed by atoms with Crippen molar-refractivity contribution in [3.05, 3.63) is 35.1 Å². The molecule has 1 heterocycles. The van der Waals surface area contributed by atoms with Gasteiger partial charge in [0.2, 0.25) is 5.91 Å². The number of hydrogen-bond acceptors (Lipinski definition) is 2. The number of aliphatic carboxylic acids is 1. The first-order valence-electron chi connectivity index (χ1n) is 6.43. The van der Waals surface area contributed by atoms with Gasteiger partial charge in [0, 0.05) is 24.7 Å². The zero-order valence-corrected chi connectivity index (χ0v) is 11.3. The van der Waals surface area contributed by atoms with Gasteiger partial charge >= 0.3 is 5.97 Å². The Morgan fingerprint density at radius 1 is 1.19 bits per heavy atom. The van der Waals surface area contributed by atoms with Gasteiger partial charge in [0.25, 0.3) is 0 Å². The summed E-state index contributed by atoms with van der Waals surface area (Å²) in [5, 5.41) is 8.99. The maximum atomic E-state index is 13.5. The summed E-state index contributed by atoms with van der Waals surface area (Å²) in [5.41, 5.74) is -0.245. The smallest absolute Gasteiger partial charge is 0.308 e. The largest absolute Gasteiger partial charge is 0.481 e. The number of carbonyl (C=O) groups excluding carboxylic acids is 1. The van der Waals surface area contributed by atoms with E-state index >= 15 is 0 Å². The second kappa shape index (κ2) is 5.75. The van der Waals surface area contributed by atoms with Gasteiger partial charge in [0.15, 0.2) is 11.6 Å². The topological polar surface area (TPSA) is 57.6 Å². The Bertz CT molecular complexity index is 591. The number of rotatable bonds is 3. The number of halogens is 3. The molecule has 1 aliphatic rings. The van der Waals surface area contributed by atoms with Gasteiger partial charge in [-0.2, -0.15) is 0 Å². The molecule has 1 aromatic carbocycles. The first-order valence-corrected chi connectivity index (χ1v) is 6.43. The first kappa shape index (κ1) is 15.3. The maximum absolute atomic E-state index is 13.5. The number of carboxylic acids is 1. The van der Waals surface area contributed by atoms with Crippen molar-refractivity contribution in [3.63, 3.8) is 0 Å². The van der Waals surface area contributed by atoms with Gasteiger partial charge in [0.1, 0.15) is 5.82 Å². The van der Waals surface area contributed by atoms with Gasteiger partial charge in [-0.1, -0.05) is 6.92 Å². The Morgan fingerprint density at radius 2 is 1.81 bits per heavy atom. The number of amides is 1. The SMILES string of the molecule is C[C@@H]1CN(C(=O)Cc2cc(F)c(F)cc2F)C[C@H]1C(=O)O. The van der Waals surface area contributed by atoms with Crippen LogP contribution in [0, 0.1) is 29.3 Å². The molecule has 21 heavy (non-hydrogen) atoms. The quantitative estimate of drug-likeness (QED) is 0.867. The van der Waals surface area contributed by atoms with Gasteiger partial charge in [0.05, 0.1) is 12.3 Å². The van der Waals surface area contributed by atoms with Crippen LogP contribution >= 0.6 is 0 Å². The molecule has 7 heteroatoms. The van der Waals surface area contributed by atoms with E-state index in [0.717, 1.165) is 0 Å². The molecule has 0 aromatic heterocycles. The van der Waals surface area contributed by atoms with Gasteiger partial charge in [-0.3, -0.25) is 9.59 Å². The summed E-state index contributed by atoms with van der Waals surface area (Å²) in [6.07, 6.45) is -0.428. The summed E-state index contributed by atoms with van der Waals surface area (Å²) in [6.45, 7) is 2.01. The average Bonchev–Trinajstić information content (AvgIpc) is 2.78. The molecule has 0 spiro atoms. The summed E-state index contributed by atoms with van der Waals surface area (Å²) in [5.74, 6) is -5.90. The molecule has 2 atom stereocenters. The lowest BCUT2D eigenvalue weighted by Gasteiger charge is -2.16. The standard InChI is InChI=1S/C14H14F3NO3/c1-7-5-18(6-9(7)14(20)21)13(19)3-8-2-11(16)12(17)4-10(8)15/h2,4,7,9H,3,5-6H2,1H3,(H,20,21)/t7-,9-/m1/s1. The monoisotopic (exact) mass is 301 g/mol. The summed E-state index contributed by atoms with van der Waals surface area (Å²) in [4.78, 5) is 24.3. The second-order valence-corrected chi connectivity index (χ2v) is 5.26. The predicted molar refractivity (Wildman–Crippen MR) is 66.9 cm³/mol. The van der Waals surface area contributed by atoms with Crippen LogP contribution in [-0.4, -0.2) is 35.0 Å². The van der Waals surface area contributed by atoms with E-state index in [1.807, 2.05) is 0 Å². The van der Waals surface area contributed by atoms with E-state index in [0.29, 0.717) is 12.1 Å². The van der Waals surface area contributed by atoms with Crippen LogP contribution < -0.4 is 0 Å². The first-order chi connectivity index (χ1) is 9.79. The molecule has 0 saturated carbocycles. The number of carbonyl (C=O) groups is 2. The summed E-state index contributed by atoms with van der Waals surface area (Å²) >= 11 is 0. The van der Waals surface area contributed by atoms with Crippen molar-refractivity contribution in [2.24, 2.45) is 11.8 Å². The lowest BCUT2D eigenvalue weighted by molar-refractivity contribution is -0.142. The van der Waals surface area contributed by atoms with Crippen molar-refractivity contribution < 1.29 is 27.9 Å². The molecule has 1 amide bonds. The highest BCUT2D eigenvalue weighted by Crippen LogP contribution is 2.24. The van der Waals surface area contributed by atoms with Gasteiger partial charge in [-0.25, -0.2) is 13.2 Å². The lowest BCUT2D eigenvalue weighted by atomic mass is 9.99. The fraction of sp³-hybridized carbons (Fsp3) is 0.429. The number of benzene rings is 1. The van der Waals surface area contributed by atoms with Gasteiger partial charge in [-0.15, -0.1) is 0 Å². The lowest BCUT2D eigenvalue weighted by Crippen LogP contribution is -2.31. The Hall–Kier alpha value is -2.05. The van der Waals surface area contributed by atoms with Gasteiger partial charge in [-0.05, 0) is 12.0 Å². The molecule has 1 aromatic rings. The van der Waals surface area contributed by atoms with Crippen LogP contribution in [0.15, 0.2) is 12.1 Å². The van der Waals surface area contributed by atoms with Crippen molar-refractivity contribution in [3.8, 4) is 0 Å². The van der Waals surface area contributed by atoms with Crippen LogP contribution in [0.3, 0.4) is 0 Å². The van der Waals surface area contributed by atoms with Crippen molar-refractivity contribution in [2.75, 3.05) is 13.1 Å². The van der Waals surface area contributed by atoms with E-state index in [9.17, 15) is 22.8 Å². The fourth-order valence-corrected chi connectivity index (χ4v) is 2.47. The Morgan fingerprint density at radius 3 is 2.38 bits per heavy atom. The normalized spacial score (nSPS) is 21.6. The van der Waals surface area contributed by atoms with Gasteiger partial charge < -0.3 is 10.0 Å². The molecule has 0 bridgehead atoms. The minimum Gasteiger partial charge on any atom is -0.481 e. The van der Waals surface area contributed by atoms with Crippen LogP contribution in [0.2, 0.25) is 0 Å². The molecule has 1 aliphatic heterocycles. The Balaban J connectivity index is 2.09.